The van der Waals surface area contributed by atoms with Gasteiger partial charge in [-0.1, -0.05) is 12.2 Å². The number of alkyl halides is 4. The van der Waals surface area contributed by atoms with Crippen LogP contribution in [0.4, 0.5) is 32.0 Å². The van der Waals surface area contributed by atoms with E-state index in [4.69, 9.17) is 5.73 Å². The fourth-order valence-corrected chi connectivity index (χ4v) is 1.32. The predicted molar refractivity (Wildman–Crippen MR) is 61.7 cm³/mol. The SMILES string of the molecule is NC(=S)c1ccc(NCC(F)(F)C(F)F)c(F)c1F. The fourth-order valence-electron chi connectivity index (χ4n) is 1.17. The van der Waals surface area contributed by atoms with Crippen molar-refractivity contribution in [3.8, 4) is 0 Å². The van der Waals surface area contributed by atoms with Gasteiger partial charge in [0.1, 0.15) is 4.99 Å². The number of hydrogen-bond acceptors (Lipinski definition) is 2. The van der Waals surface area contributed by atoms with Crippen LogP contribution >= 0.6 is 12.2 Å². The minimum absolute atomic E-state index is 0.404. The number of nitrogens with two attached hydrogens (primary N) is 1. The predicted octanol–water partition coefficient (Wildman–Crippen LogP) is 2.91. The fraction of sp³-hybridized carbons (Fsp3) is 0.300. The maximum absolute atomic E-state index is 13.4. The average molecular weight is 302 g/mol. The highest BCUT2D eigenvalue weighted by atomic mass is 32.1. The molecule has 0 radical (unpaired) electrons. The first kappa shape index (κ1) is 15.5. The van der Waals surface area contributed by atoms with Crippen LogP contribution in [0.1, 0.15) is 5.56 Å². The molecule has 0 saturated heterocycles. The Morgan fingerprint density at radius 3 is 2.32 bits per heavy atom. The second-order valence-corrected chi connectivity index (χ2v) is 4.01. The number of halogens is 6. The molecule has 0 unspecified atom stereocenters. The highest BCUT2D eigenvalue weighted by Gasteiger charge is 2.40. The van der Waals surface area contributed by atoms with Crippen LogP contribution in [0.2, 0.25) is 0 Å². The second-order valence-electron chi connectivity index (χ2n) is 3.57. The third-order valence-corrected chi connectivity index (χ3v) is 2.40. The molecule has 0 spiro atoms. The Kier molecular flexibility index (Phi) is 4.61. The maximum Gasteiger partial charge on any atom is 0.324 e. The molecule has 0 atom stereocenters. The van der Waals surface area contributed by atoms with Crippen LogP contribution in [0.15, 0.2) is 12.1 Å². The van der Waals surface area contributed by atoms with Crippen LogP contribution in [0.25, 0.3) is 0 Å². The molecule has 0 aromatic heterocycles. The molecule has 3 N–H and O–H groups in total. The molecular formula is C10H8F6N2S. The molecule has 1 aromatic rings. The van der Waals surface area contributed by atoms with Gasteiger partial charge in [-0.15, -0.1) is 0 Å². The van der Waals surface area contributed by atoms with Crippen molar-refractivity contribution < 1.29 is 26.3 Å². The zero-order valence-electron chi connectivity index (χ0n) is 9.19. The summed E-state index contributed by atoms with van der Waals surface area (Å²) in [6.07, 6.45) is -3.91. The van der Waals surface area contributed by atoms with Gasteiger partial charge in [0.05, 0.1) is 12.2 Å². The first-order valence-corrected chi connectivity index (χ1v) is 5.25. The Labute approximate surface area is 109 Å². The van der Waals surface area contributed by atoms with E-state index in [0.29, 0.717) is 0 Å². The molecule has 0 aliphatic heterocycles. The highest BCUT2D eigenvalue weighted by molar-refractivity contribution is 7.80. The number of thiocarbonyl (C=S) groups is 1. The minimum atomic E-state index is -4.36. The van der Waals surface area contributed by atoms with Gasteiger partial charge in [-0.3, -0.25) is 0 Å². The van der Waals surface area contributed by atoms with Crippen molar-refractivity contribution in [1.82, 2.24) is 0 Å². The smallest absolute Gasteiger partial charge is 0.324 e. The van der Waals surface area contributed by atoms with E-state index in [0.717, 1.165) is 12.1 Å². The Balaban J connectivity index is 2.93. The molecule has 106 valence electrons. The summed E-state index contributed by atoms with van der Waals surface area (Å²) in [5.41, 5.74) is 4.02. The molecule has 1 aromatic carbocycles. The van der Waals surface area contributed by atoms with E-state index in [1.165, 1.54) is 0 Å². The minimum Gasteiger partial charge on any atom is -0.389 e. The van der Waals surface area contributed by atoms with Crippen LogP contribution in [-0.2, 0) is 0 Å². The molecule has 0 heterocycles. The van der Waals surface area contributed by atoms with Crippen molar-refractivity contribution in [2.45, 2.75) is 12.3 Å². The highest BCUT2D eigenvalue weighted by Crippen LogP contribution is 2.25. The Bertz CT molecular complexity index is 491. The maximum atomic E-state index is 13.4. The zero-order chi connectivity index (χ0) is 14.8. The number of hydrogen-bond donors (Lipinski definition) is 2. The van der Waals surface area contributed by atoms with Gasteiger partial charge in [-0.2, -0.15) is 8.78 Å². The summed E-state index contributed by atoms with van der Waals surface area (Å²) in [6, 6.07) is 1.85. The number of rotatable bonds is 5. The molecule has 9 heteroatoms. The van der Waals surface area contributed by atoms with E-state index in [1.54, 1.807) is 5.32 Å². The van der Waals surface area contributed by atoms with Crippen LogP contribution < -0.4 is 11.1 Å². The van der Waals surface area contributed by atoms with E-state index >= 15 is 0 Å². The summed E-state index contributed by atoms with van der Waals surface area (Å²) in [5.74, 6) is -7.31. The van der Waals surface area contributed by atoms with Gasteiger partial charge in [0.15, 0.2) is 11.6 Å². The first-order valence-electron chi connectivity index (χ1n) is 4.84. The molecule has 2 nitrogen and oxygen atoms in total. The van der Waals surface area contributed by atoms with Gasteiger partial charge in [0, 0.05) is 5.56 Å². The second kappa shape index (κ2) is 5.64. The molecule has 0 amide bonds. The van der Waals surface area contributed by atoms with Crippen molar-refractivity contribution in [2.75, 3.05) is 11.9 Å². The van der Waals surface area contributed by atoms with Gasteiger partial charge in [0.25, 0.3) is 0 Å². The summed E-state index contributed by atoms with van der Waals surface area (Å²) in [4.78, 5) is -0.416. The summed E-state index contributed by atoms with van der Waals surface area (Å²) >= 11 is 4.44. The molecule has 0 aliphatic rings. The summed E-state index contributed by atoms with van der Waals surface area (Å²) in [5, 5.41) is 1.71. The molecule has 0 fully saturated rings. The normalized spacial score (nSPS) is 11.7. The first-order chi connectivity index (χ1) is 8.66. The monoisotopic (exact) mass is 302 g/mol. The van der Waals surface area contributed by atoms with Crippen molar-refractivity contribution >= 4 is 22.9 Å². The van der Waals surface area contributed by atoms with Crippen LogP contribution in [0, 0.1) is 11.6 Å². The van der Waals surface area contributed by atoms with Crippen molar-refractivity contribution in [3.63, 3.8) is 0 Å². The van der Waals surface area contributed by atoms with Gasteiger partial charge in [0.2, 0.25) is 0 Å². The van der Waals surface area contributed by atoms with Crippen molar-refractivity contribution in [2.24, 2.45) is 5.73 Å². The van der Waals surface area contributed by atoms with Crippen molar-refractivity contribution in [3.05, 3.63) is 29.3 Å². The van der Waals surface area contributed by atoms with Crippen molar-refractivity contribution in [1.29, 1.82) is 0 Å². The quantitative estimate of drug-likeness (QED) is 0.649. The standard InChI is InChI=1S/C10H8F6N2S/c11-6-4(8(17)19)1-2-5(7(6)12)18-3-10(15,16)9(13)14/h1-2,9,18H,3H2,(H2,17,19). The van der Waals surface area contributed by atoms with Gasteiger partial charge >= 0.3 is 12.3 Å². The van der Waals surface area contributed by atoms with E-state index in [2.05, 4.69) is 12.2 Å². The van der Waals surface area contributed by atoms with Crippen LogP contribution in [0.3, 0.4) is 0 Å². The Hall–Kier alpha value is -1.51. The summed E-state index contributed by atoms with van der Waals surface area (Å²) in [7, 11) is 0. The third-order valence-electron chi connectivity index (χ3n) is 2.18. The van der Waals surface area contributed by atoms with E-state index in [1.807, 2.05) is 0 Å². The number of nitrogens with one attached hydrogen (secondary N) is 1. The molecule has 1 rings (SSSR count). The lowest BCUT2D eigenvalue weighted by Crippen LogP contribution is -2.35. The number of benzene rings is 1. The lowest BCUT2D eigenvalue weighted by atomic mass is 10.1. The lowest BCUT2D eigenvalue weighted by molar-refractivity contribution is -0.117. The lowest BCUT2D eigenvalue weighted by Gasteiger charge is -2.17. The molecular weight excluding hydrogens is 294 g/mol. The number of anilines is 1. The van der Waals surface area contributed by atoms with E-state index in [9.17, 15) is 26.3 Å². The molecule has 19 heavy (non-hydrogen) atoms. The third kappa shape index (κ3) is 3.49. The van der Waals surface area contributed by atoms with Gasteiger partial charge < -0.3 is 11.1 Å². The van der Waals surface area contributed by atoms with E-state index < -0.39 is 46.8 Å². The molecule has 0 saturated carbocycles. The topological polar surface area (TPSA) is 38.0 Å². The summed E-state index contributed by atoms with van der Waals surface area (Å²) in [6.45, 7) is -1.53. The van der Waals surface area contributed by atoms with Crippen LogP contribution in [-0.4, -0.2) is 23.9 Å². The van der Waals surface area contributed by atoms with Gasteiger partial charge in [-0.25, -0.2) is 17.6 Å². The van der Waals surface area contributed by atoms with E-state index in [-0.39, 0.29) is 0 Å². The zero-order valence-corrected chi connectivity index (χ0v) is 10.0. The van der Waals surface area contributed by atoms with Gasteiger partial charge in [-0.05, 0) is 12.1 Å². The molecule has 0 aliphatic carbocycles. The van der Waals surface area contributed by atoms with Crippen LogP contribution in [0.5, 0.6) is 0 Å². The Morgan fingerprint density at radius 1 is 1.26 bits per heavy atom. The molecule has 0 bridgehead atoms. The largest absolute Gasteiger partial charge is 0.389 e. The Morgan fingerprint density at radius 2 is 1.84 bits per heavy atom. The average Bonchev–Trinajstić information content (AvgIpc) is 2.30. The summed E-state index contributed by atoms with van der Waals surface area (Å²) < 4.78 is 75.7.